The molecule has 7 heteroatoms. The van der Waals surface area contributed by atoms with Gasteiger partial charge < -0.3 is 23.8 Å². The lowest BCUT2D eigenvalue weighted by Crippen LogP contribution is -2.31. The molecule has 0 aromatic carbocycles. The highest BCUT2D eigenvalue weighted by Crippen LogP contribution is 2.36. The summed E-state index contributed by atoms with van der Waals surface area (Å²) < 4.78 is 24.5. The van der Waals surface area contributed by atoms with Crippen LogP contribution in [-0.2, 0) is 28.5 Å². The Balaban J connectivity index is 2.23. The highest BCUT2D eigenvalue weighted by atomic mass is 16.7. The van der Waals surface area contributed by atoms with E-state index >= 15 is 0 Å². The van der Waals surface area contributed by atoms with Crippen LogP contribution in [0, 0.1) is 11.8 Å². The maximum absolute atomic E-state index is 12.4. The van der Waals surface area contributed by atoms with Crippen molar-refractivity contribution in [1.82, 2.24) is 4.90 Å². The minimum absolute atomic E-state index is 0.000254. The second-order valence-electron chi connectivity index (χ2n) is 19.2. The summed E-state index contributed by atoms with van der Waals surface area (Å²) >= 11 is 0. The average molecular weight is 850 g/mol. The lowest BCUT2D eigenvalue weighted by atomic mass is 9.92. The van der Waals surface area contributed by atoms with Crippen molar-refractivity contribution in [3.63, 3.8) is 0 Å². The Bertz CT molecular complexity index is 878. The minimum Gasteiger partial charge on any atom is -0.466 e. The van der Waals surface area contributed by atoms with Gasteiger partial charge in [0.15, 0.2) is 5.79 Å². The van der Waals surface area contributed by atoms with Crippen LogP contribution in [0.25, 0.3) is 0 Å². The Kier molecular flexibility index (Phi) is 38.4. The smallest absolute Gasteiger partial charge is 0.305 e. The third-order valence-electron chi connectivity index (χ3n) is 13.1. The molecule has 0 amide bonds. The van der Waals surface area contributed by atoms with E-state index in [0.717, 1.165) is 83.8 Å². The predicted octanol–water partition coefficient (Wildman–Crippen LogP) is 15.5. The second kappa shape index (κ2) is 40.6. The molecule has 60 heavy (non-hydrogen) atoms. The van der Waals surface area contributed by atoms with Crippen molar-refractivity contribution in [2.24, 2.45) is 11.8 Å². The number of carbonyl (C=O) groups is 2. The van der Waals surface area contributed by atoms with Gasteiger partial charge in [-0.25, -0.2) is 0 Å². The number of unbranched alkanes of at least 4 members (excludes halogenated alkanes) is 20. The third-order valence-corrected chi connectivity index (χ3v) is 13.1. The van der Waals surface area contributed by atoms with Gasteiger partial charge in [0.05, 0.1) is 25.9 Å². The summed E-state index contributed by atoms with van der Waals surface area (Å²) in [7, 11) is 4.26. The van der Waals surface area contributed by atoms with Crippen LogP contribution in [0.4, 0.5) is 0 Å². The van der Waals surface area contributed by atoms with Gasteiger partial charge in [0, 0.05) is 32.2 Å². The summed E-state index contributed by atoms with van der Waals surface area (Å²) in [5.74, 6) is 1.02. The normalized spacial score (nSPS) is 15.2. The lowest BCUT2D eigenvalue weighted by molar-refractivity contribution is -0.180. The van der Waals surface area contributed by atoms with Gasteiger partial charge in [-0.1, -0.05) is 195 Å². The molecular formula is C53H103NO6. The molecule has 0 radical (unpaired) electrons. The number of nitrogens with zero attached hydrogens (tertiary/aromatic N) is 1. The Morgan fingerprint density at radius 1 is 0.517 bits per heavy atom. The SMILES string of the molecule is CCCCCC(CCCCC)CCOC(=O)CCCCCCCCCC1(CCCCCCCCCC(=O)OCCC(CCCCC)CCCCC)OCC(CCN(C)C)O1. The zero-order valence-corrected chi connectivity index (χ0v) is 41.1. The molecule has 7 nitrogen and oxygen atoms in total. The molecule has 356 valence electrons. The topological polar surface area (TPSA) is 74.3 Å². The first-order valence-corrected chi connectivity index (χ1v) is 26.5. The van der Waals surface area contributed by atoms with Crippen LogP contribution in [0.3, 0.4) is 0 Å². The van der Waals surface area contributed by atoms with Crippen molar-refractivity contribution in [1.29, 1.82) is 0 Å². The lowest BCUT2D eigenvalue weighted by Gasteiger charge is -2.29. The molecule has 1 aliphatic heterocycles. The van der Waals surface area contributed by atoms with Crippen LogP contribution in [0.2, 0.25) is 0 Å². The van der Waals surface area contributed by atoms with E-state index in [-0.39, 0.29) is 18.0 Å². The van der Waals surface area contributed by atoms with Gasteiger partial charge in [0.1, 0.15) is 0 Å². The molecule has 0 saturated carbocycles. The van der Waals surface area contributed by atoms with Crippen LogP contribution >= 0.6 is 0 Å². The molecule has 0 aliphatic carbocycles. The molecule has 1 rings (SSSR count). The first kappa shape index (κ1) is 56.8. The van der Waals surface area contributed by atoms with Crippen molar-refractivity contribution in [2.75, 3.05) is 40.5 Å². The van der Waals surface area contributed by atoms with E-state index in [9.17, 15) is 9.59 Å². The maximum atomic E-state index is 12.4. The summed E-state index contributed by atoms with van der Waals surface area (Å²) in [6.07, 6.45) is 43.3. The van der Waals surface area contributed by atoms with Crippen molar-refractivity contribution >= 4 is 11.9 Å². The maximum Gasteiger partial charge on any atom is 0.305 e. The fourth-order valence-electron chi connectivity index (χ4n) is 9.06. The summed E-state index contributed by atoms with van der Waals surface area (Å²) in [6.45, 7) is 12.0. The van der Waals surface area contributed by atoms with E-state index in [2.05, 4.69) is 46.7 Å². The van der Waals surface area contributed by atoms with Crippen molar-refractivity contribution in [2.45, 2.75) is 277 Å². The molecule has 1 aliphatic rings. The fourth-order valence-corrected chi connectivity index (χ4v) is 9.06. The Labute approximate surface area is 373 Å². The number of ether oxygens (including phenoxy) is 4. The second-order valence-corrected chi connectivity index (χ2v) is 19.2. The average Bonchev–Trinajstić information content (AvgIpc) is 3.64. The quantitative estimate of drug-likeness (QED) is 0.0446. The summed E-state index contributed by atoms with van der Waals surface area (Å²) in [5.41, 5.74) is 0. The van der Waals surface area contributed by atoms with E-state index in [0.29, 0.717) is 37.9 Å². The summed E-state index contributed by atoms with van der Waals surface area (Å²) in [5, 5.41) is 0. The van der Waals surface area contributed by atoms with Gasteiger partial charge >= 0.3 is 11.9 Å². The monoisotopic (exact) mass is 850 g/mol. The van der Waals surface area contributed by atoms with Gasteiger partial charge in [-0.05, 0) is 70.9 Å². The molecule has 1 saturated heterocycles. The highest BCUT2D eigenvalue weighted by molar-refractivity contribution is 5.69. The van der Waals surface area contributed by atoms with E-state index in [1.807, 2.05) is 0 Å². The Morgan fingerprint density at radius 2 is 0.883 bits per heavy atom. The number of carbonyl (C=O) groups excluding carboxylic acids is 2. The van der Waals surface area contributed by atoms with Crippen LogP contribution in [-0.4, -0.2) is 69.2 Å². The van der Waals surface area contributed by atoms with Crippen LogP contribution in [0.5, 0.6) is 0 Å². The Morgan fingerprint density at radius 3 is 1.25 bits per heavy atom. The van der Waals surface area contributed by atoms with Crippen molar-refractivity contribution in [3.8, 4) is 0 Å². The zero-order chi connectivity index (χ0) is 43.8. The fraction of sp³-hybridized carbons (Fsp3) is 0.962. The van der Waals surface area contributed by atoms with E-state index in [4.69, 9.17) is 18.9 Å². The molecule has 1 atom stereocenters. The predicted molar refractivity (Wildman–Crippen MR) is 255 cm³/mol. The minimum atomic E-state index is -0.409. The highest BCUT2D eigenvalue weighted by Gasteiger charge is 2.40. The molecule has 1 unspecified atom stereocenters. The molecule has 0 spiro atoms. The van der Waals surface area contributed by atoms with Gasteiger partial charge in [-0.15, -0.1) is 0 Å². The van der Waals surface area contributed by atoms with Gasteiger partial charge in [0.25, 0.3) is 0 Å². The number of rotatable bonds is 45. The van der Waals surface area contributed by atoms with E-state index in [1.165, 1.54) is 154 Å². The van der Waals surface area contributed by atoms with Gasteiger partial charge in [0.2, 0.25) is 0 Å². The molecule has 0 bridgehead atoms. The third kappa shape index (κ3) is 33.4. The standard InChI is InChI=1S/C53H103NO6/c1-7-11-25-33-48(34-26-12-8-2)40-45-57-51(55)37-29-21-17-15-19-23-31-42-53(59-47-50(60-53)39-44-54(5)6)43-32-24-20-16-18-22-30-38-52(56)58-46-41-49(35-27-13-9-3)36-28-14-10-4/h48-50H,7-47H2,1-6H3. The van der Waals surface area contributed by atoms with Gasteiger partial charge in [-0.2, -0.15) is 0 Å². The molecule has 0 N–H and O–H groups in total. The molecule has 0 aromatic rings. The first-order chi connectivity index (χ1) is 29.3. The van der Waals surface area contributed by atoms with Crippen molar-refractivity contribution in [3.05, 3.63) is 0 Å². The summed E-state index contributed by atoms with van der Waals surface area (Å²) in [4.78, 5) is 27.0. The van der Waals surface area contributed by atoms with Crippen LogP contribution in [0.1, 0.15) is 265 Å². The largest absolute Gasteiger partial charge is 0.466 e. The van der Waals surface area contributed by atoms with Gasteiger partial charge in [-0.3, -0.25) is 9.59 Å². The number of esters is 2. The Hall–Kier alpha value is -1.18. The van der Waals surface area contributed by atoms with Crippen LogP contribution in [0.15, 0.2) is 0 Å². The number of hydrogen-bond acceptors (Lipinski definition) is 7. The van der Waals surface area contributed by atoms with E-state index in [1.54, 1.807) is 0 Å². The first-order valence-electron chi connectivity index (χ1n) is 26.5. The molecular weight excluding hydrogens is 747 g/mol. The zero-order valence-electron chi connectivity index (χ0n) is 41.1. The molecule has 1 heterocycles. The molecule has 1 fully saturated rings. The number of hydrogen-bond donors (Lipinski definition) is 0. The molecule has 0 aromatic heterocycles. The van der Waals surface area contributed by atoms with Crippen LogP contribution < -0.4 is 0 Å². The summed E-state index contributed by atoms with van der Waals surface area (Å²) in [6, 6.07) is 0. The van der Waals surface area contributed by atoms with Crippen molar-refractivity contribution < 1.29 is 28.5 Å². The van der Waals surface area contributed by atoms with E-state index < -0.39 is 5.79 Å².